The summed E-state index contributed by atoms with van der Waals surface area (Å²) in [5.41, 5.74) is 6.50. The van der Waals surface area contributed by atoms with E-state index >= 15 is 0 Å². The molecule has 2 nitrogen and oxygen atoms in total. The Kier molecular flexibility index (Phi) is 1.02. The quantitative estimate of drug-likeness (QED) is 0.441. The molecule has 0 aliphatic carbocycles. The van der Waals surface area contributed by atoms with Crippen molar-refractivity contribution >= 4 is 0 Å². The second kappa shape index (κ2) is 1.54. The van der Waals surface area contributed by atoms with Crippen molar-refractivity contribution in [3.8, 4) is 0 Å². The predicted octanol–water partition coefficient (Wildman–Crippen LogP) is -0.179. The van der Waals surface area contributed by atoms with Crippen molar-refractivity contribution in [2.24, 2.45) is 5.73 Å². The molecule has 1 rings (SSSR count). The first-order valence-corrected chi connectivity index (χ1v) is 2.49. The highest BCUT2D eigenvalue weighted by molar-refractivity contribution is 5.06. The van der Waals surface area contributed by atoms with Crippen LogP contribution < -0.4 is 11.1 Å². The summed E-state index contributed by atoms with van der Waals surface area (Å²) in [5, 5.41) is 3.05. The summed E-state index contributed by atoms with van der Waals surface area (Å²) in [7, 11) is 0. The number of hydrogen-bond donors (Lipinski definition) is 2. The number of nitrogens with one attached hydrogen (secondary N) is 1. The highest BCUT2D eigenvalue weighted by Crippen LogP contribution is 2.03. The van der Waals surface area contributed by atoms with Crippen LogP contribution >= 0.6 is 0 Å². The maximum atomic E-state index is 5.52. The van der Waals surface area contributed by atoms with E-state index in [4.69, 9.17) is 5.73 Å². The number of hydrogen-bond acceptors (Lipinski definition) is 2. The molecule has 0 saturated carbocycles. The van der Waals surface area contributed by atoms with E-state index in [1.165, 1.54) is 0 Å². The summed E-state index contributed by atoms with van der Waals surface area (Å²) in [6.45, 7) is 4.70. The Hall–Kier alpha value is -0.500. The second-order valence-electron chi connectivity index (χ2n) is 1.85. The van der Waals surface area contributed by atoms with E-state index in [1.54, 1.807) is 0 Å². The molecule has 0 spiro atoms. The zero-order valence-electron chi connectivity index (χ0n) is 4.28. The summed E-state index contributed by atoms with van der Waals surface area (Å²) in [6, 6.07) is 0.208. The average Bonchev–Trinajstić information content (AvgIpc) is 1.91. The zero-order valence-corrected chi connectivity index (χ0v) is 4.28. The van der Waals surface area contributed by atoms with Crippen LogP contribution in [-0.2, 0) is 0 Å². The van der Waals surface area contributed by atoms with Crippen LogP contribution in [0.1, 0.15) is 6.42 Å². The maximum absolute atomic E-state index is 5.52. The summed E-state index contributed by atoms with van der Waals surface area (Å²) < 4.78 is 0. The lowest BCUT2D eigenvalue weighted by molar-refractivity contribution is 0.803. The van der Waals surface area contributed by atoms with Crippen molar-refractivity contribution in [1.29, 1.82) is 0 Å². The van der Waals surface area contributed by atoms with E-state index < -0.39 is 0 Å². The minimum atomic E-state index is 0.208. The second-order valence-corrected chi connectivity index (χ2v) is 1.85. The van der Waals surface area contributed by atoms with Crippen LogP contribution in [0.2, 0.25) is 0 Å². The maximum Gasteiger partial charge on any atom is 0.0455 e. The Morgan fingerprint density at radius 1 is 1.86 bits per heavy atom. The van der Waals surface area contributed by atoms with E-state index in [-0.39, 0.29) is 6.04 Å². The highest BCUT2D eigenvalue weighted by atomic mass is 15.0. The molecule has 1 atom stereocenters. The molecule has 0 bridgehead atoms. The fraction of sp³-hybridized carbons (Fsp3) is 0.600. The van der Waals surface area contributed by atoms with Crippen LogP contribution in [-0.4, -0.2) is 12.6 Å². The molecule has 1 aliphatic rings. The SMILES string of the molecule is C=C1NCC[C@H]1N. The van der Waals surface area contributed by atoms with Crippen LogP contribution in [0, 0.1) is 0 Å². The molecular weight excluding hydrogens is 88.1 g/mol. The third-order valence-electron chi connectivity index (χ3n) is 1.25. The first-order chi connectivity index (χ1) is 3.30. The molecule has 2 heteroatoms. The lowest BCUT2D eigenvalue weighted by Crippen LogP contribution is -2.18. The average molecular weight is 98.1 g/mol. The van der Waals surface area contributed by atoms with Crippen LogP contribution in [0.25, 0.3) is 0 Å². The molecular formula is C5H10N2. The van der Waals surface area contributed by atoms with Crippen molar-refractivity contribution < 1.29 is 0 Å². The molecule has 0 radical (unpaired) electrons. The van der Waals surface area contributed by atoms with Crippen molar-refractivity contribution in [3.05, 3.63) is 12.3 Å². The van der Waals surface area contributed by atoms with E-state index in [1.807, 2.05) is 0 Å². The zero-order chi connectivity index (χ0) is 5.28. The highest BCUT2D eigenvalue weighted by Gasteiger charge is 2.11. The molecule has 0 amide bonds. The van der Waals surface area contributed by atoms with Gasteiger partial charge >= 0.3 is 0 Å². The van der Waals surface area contributed by atoms with Gasteiger partial charge in [-0.15, -0.1) is 0 Å². The van der Waals surface area contributed by atoms with Gasteiger partial charge in [0.25, 0.3) is 0 Å². The Morgan fingerprint density at radius 3 is 2.71 bits per heavy atom. The minimum absolute atomic E-state index is 0.208. The van der Waals surface area contributed by atoms with Gasteiger partial charge in [0.15, 0.2) is 0 Å². The van der Waals surface area contributed by atoms with E-state index in [2.05, 4.69) is 11.9 Å². The summed E-state index contributed by atoms with van der Waals surface area (Å²) >= 11 is 0. The number of rotatable bonds is 0. The minimum Gasteiger partial charge on any atom is -0.387 e. The van der Waals surface area contributed by atoms with Crippen molar-refractivity contribution in [1.82, 2.24) is 5.32 Å². The molecule has 1 saturated heterocycles. The summed E-state index contributed by atoms with van der Waals surface area (Å²) in [4.78, 5) is 0. The van der Waals surface area contributed by atoms with Gasteiger partial charge in [0.2, 0.25) is 0 Å². The third kappa shape index (κ3) is 0.747. The standard InChI is InChI=1S/C5H10N2/c1-4-5(6)2-3-7-4/h5,7H,1-3,6H2/t5-/m1/s1. The monoisotopic (exact) mass is 98.1 g/mol. The Balaban J connectivity index is 2.48. The van der Waals surface area contributed by atoms with Gasteiger partial charge in [0.05, 0.1) is 0 Å². The van der Waals surface area contributed by atoms with Gasteiger partial charge in [-0.2, -0.15) is 0 Å². The van der Waals surface area contributed by atoms with Gasteiger partial charge < -0.3 is 11.1 Å². The normalized spacial score (nSPS) is 30.4. The van der Waals surface area contributed by atoms with E-state index in [0.717, 1.165) is 18.7 Å². The van der Waals surface area contributed by atoms with E-state index in [9.17, 15) is 0 Å². The van der Waals surface area contributed by atoms with Gasteiger partial charge in [-0.3, -0.25) is 0 Å². The molecule has 3 N–H and O–H groups in total. The van der Waals surface area contributed by atoms with E-state index in [0.29, 0.717) is 0 Å². The van der Waals surface area contributed by atoms with Crippen LogP contribution in [0.4, 0.5) is 0 Å². The fourth-order valence-electron chi connectivity index (χ4n) is 0.694. The summed E-state index contributed by atoms with van der Waals surface area (Å²) in [6.07, 6.45) is 1.04. The molecule has 1 heterocycles. The first kappa shape index (κ1) is 4.65. The smallest absolute Gasteiger partial charge is 0.0455 e. The molecule has 1 aliphatic heterocycles. The van der Waals surface area contributed by atoms with Gasteiger partial charge in [-0.1, -0.05) is 6.58 Å². The molecule has 0 unspecified atom stereocenters. The van der Waals surface area contributed by atoms with Crippen molar-refractivity contribution in [3.63, 3.8) is 0 Å². The van der Waals surface area contributed by atoms with Crippen LogP contribution in [0.3, 0.4) is 0 Å². The lowest BCUT2D eigenvalue weighted by Gasteiger charge is -1.98. The lowest BCUT2D eigenvalue weighted by atomic mass is 10.2. The predicted molar refractivity (Wildman–Crippen MR) is 29.7 cm³/mol. The van der Waals surface area contributed by atoms with Crippen molar-refractivity contribution in [2.45, 2.75) is 12.5 Å². The molecule has 1 fully saturated rings. The Labute approximate surface area is 43.4 Å². The fourth-order valence-corrected chi connectivity index (χ4v) is 0.694. The van der Waals surface area contributed by atoms with Gasteiger partial charge in [-0.25, -0.2) is 0 Å². The van der Waals surface area contributed by atoms with Crippen LogP contribution in [0.15, 0.2) is 12.3 Å². The molecule has 0 aromatic heterocycles. The van der Waals surface area contributed by atoms with Gasteiger partial charge in [-0.05, 0) is 6.42 Å². The summed E-state index contributed by atoms with van der Waals surface area (Å²) in [5.74, 6) is 0. The topological polar surface area (TPSA) is 38.0 Å². The number of nitrogens with two attached hydrogens (primary N) is 1. The van der Waals surface area contributed by atoms with Crippen molar-refractivity contribution in [2.75, 3.05) is 6.54 Å². The molecule has 40 valence electrons. The Bertz CT molecular complexity index is 88.1. The first-order valence-electron chi connectivity index (χ1n) is 2.49. The molecule has 0 aromatic carbocycles. The Morgan fingerprint density at radius 2 is 2.57 bits per heavy atom. The molecule has 0 aromatic rings. The molecule has 7 heavy (non-hydrogen) atoms. The largest absolute Gasteiger partial charge is 0.387 e. The van der Waals surface area contributed by atoms with Crippen LogP contribution in [0.5, 0.6) is 0 Å². The van der Waals surface area contributed by atoms with Gasteiger partial charge in [0.1, 0.15) is 0 Å². The third-order valence-corrected chi connectivity index (χ3v) is 1.25. The van der Waals surface area contributed by atoms with Gasteiger partial charge in [0, 0.05) is 18.3 Å².